The maximum atomic E-state index is 6.40. The molecule has 1 atom stereocenters. The fourth-order valence-corrected chi connectivity index (χ4v) is 3.54. The van der Waals surface area contributed by atoms with E-state index in [-0.39, 0.29) is 0 Å². The van der Waals surface area contributed by atoms with Crippen LogP contribution in [0.4, 0.5) is 0 Å². The van der Waals surface area contributed by atoms with Crippen molar-refractivity contribution in [2.24, 2.45) is 11.1 Å². The molecule has 1 unspecified atom stereocenters. The summed E-state index contributed by atoms with van der Waals surface area (Å²) < 4.78 is 0. The molecule has 0 radical (unpaired) electrons. The van der Waals surface area contributed by atoms with Gasteiger partial charge in [0.05, 0.1) is 0 Å². The van der Waals surface area contributed by atoms with Gasteiger partial charge in [0.15, 0.2) is 0 Å². The topological polar surface area (TPSA) is 26.0 Å². The Hall–Kier alpha value is -0.340. The van der Waals surface area contributed by atoms with E-state index in [4.69, 9.17) is 5.73 Å². The quantitative estimate of drug-likeness (QED) is 0.842. The molecule has 0 amide bonds. The molecular formula is C14H23NS. The van der Waals surface area contributed by atoms with Crippen LogP contribution in [0.3, 0.4) is 0 Å². The minimum absolute atomic E-state index is 0.382. The summed E-state index contributed by atoms with van der Waals surface area (Å²) in [5.41, 5.74) is 8.27. The Bertz CT molecular complexity index is 299. The highest BCUT2D eigenvalue weighted by Gasteiger charge is 2.32. The van der Waals surface area contributed by atoms with Crippen LogP contribution < -0.4 is 5.73 Å². The van der Waals surface area contributed by atoms with Crippen LogP contribution in [0.1, 0.15) is 51.0 Å². The van der Waals surface area contributed by atoms with E-state index in [1.807, 2.05) is 0 Å². The van der Waals surface area contributed by atoms with Gasteiger partial charge in [0, 0.05) is 6.04 Å². The first-order valence-corrected chi connectivity index (χ1v) is 7.42. The fraction of sp³-hybridized carbons (Fsp3) is 0.714. The van der Waals surface area contributed by atoms with Crippen molar-refractivity contribution in [3.05, 3.63) is 22.4 Å². The second kappa shape index (κ2) is 5.33. The average molecular weight is 237 g/mol. The lowest BCUT2D eigenvalue weighted by Gasteiger charge is -2.39. The van der Waals surface area contributed by atoms with E-state index < -0.39 is 0 Å². The van der Waals surface area contributed by atoms with Gasteiger partial charge < -0.3 is 5.73 Å². The van der Waals surface area contributed by atoms with Gasteiger partial charge in [0.2, 0.25) is 0 Å². The van der Waals surface area contributed by atoms with Crippen LogP contribution in [0.2, 0.25) is 0 Å². The molecule has 90 valence electrons. The molecule has 2 heteroatoms. The zero-order valence-electron chi connectivity index (χ0n) is 10.2. The maximum absolute atomic E-state index is 6.40. The number of hydrogen-bond acceptors (Lipinski definition) is 2. The third-order valence-corrected chi connectivity index (χ3v) is 4.95. The maximum Gasteiger partial charge on any atom is 0.00960 e. The number of nitrogens with two attached hydrogens (primary N) is 1. The minimum atomic E-state index is 0.382. The molecule has 0 bridgehead atoms. The molecule has 1 aliphatic rings. The van der Waals surface area contributed by atoms with E-state index in [0.717, 1.165) is 12.8 Å². The average Bonchev–Trinajstić information content (AvgIpc) is 2.79. The first-order valence-electron chi connectivity index (χ1n) is 6.47. The third kappa shape index (κ3) is 2.86. The van der Waals surface area contributed by atoms with E-state index >= 15 is 0 Å². The predicted octanol–water partition coefficient (Wildman–Crippen LogP) is 3.98. The Morgan fingerprint density at radius 2 is 2.12 bits per heavy atom. The Morgan fingerprint density at radius 1 is 1.38 bits per heavy atom. The normalized spacial score (nSPS) is 21.9. The molecule has 1 fully saturated rings. The monoisotopic (exact) mass is 237 g/mol. The van der Waals surface area contributed by atoms with E-state index in [2.05, 4.69) is 23.8 Å². The SMILES string of the molecule is CC1(C(N)CCc2ccsc2)CCCCC1. The van der Waals surface area contributed by atoms with Crippen LogP contribution in [-0.4, -0.2) is 6.04 Å². The molecule has 0 aliphatic heterocycles. The summed E-state index contributed by atoms with van der Waals surface area (Å²) in [7, 11) is 0. The van der Waals surface area contributed by atoms with Crippen LogP contribution in [0.25, 0.3) is 0 Å². The second-order valence-electron chi connectivity index (χ2n) is 5.49. The van der Waals surface area contributed by atoms with Crippen LogP contribution >= 0.6 is 11.3 Å². The molecule has 1 nitrogen and oxygen atoms in total. The van der Waals surface area contributed by atoms with Gasteiger partial charge in [-0.3, -0.25) is 0 Å². The van der Waals surface area contributed by atoms with Crippen molar-refractivity contribution in [1.82, 2.24) is 0 Å². The summed E-state index contributed by atoms with van der Waals surface area (Å²) in [4.78, 5) is 0. The van der Waals surface area contributed by atoms with Crippen molar-refractivity contribution in [2.45, 2.75) is 57.9 Å². The number of thiophene rings is 1. The standard InChI is InChI=1S/C14H23NS/c1-14(8-3-2-4-9-14)13(15)6-5-12-7-10-16-11-12/h7,10-11,13H,2-6,8-9,15H2,1H3. The van der Waals surface area contributed by atoms with Crippen molar-refractivity contribution >= 4 is 11.3 Å². The third-order valence-electron chi connectivity index (χ3n) is 4.22. The Balaban J connectivity index is 1.84. The molecule has 1 saturated carbocycles. The van der Waals surface area contributed by atoms with Crippen LogP contribution in [0.15, 0.2) is 16.8 Å². The molecule has 1 aliphatic carbocycles. The lowest BCUT2D eigenvalue weighted by Crippen LogP contribution is -2.41. The molecule has 2 rings (SSSR count). The Morgan fingerprint density at radius 3 is 2.75 bits per heavy atom. The van der Waals surface area contributed by atoms with E-state index in [0.29, 0.717) is 11.5 Å². The molecule has 0 spiro atoms. The van der Waals surface area contributed by atoms with Crippen LogP contribution in [0, 0.1) is 5.41 Å². The van der Waals surface area contributed by atoms with Gasteiger partial charge >= 0.3 is 0 Å². The summed E-state index contributed by atoms with van der Waals surface area (Å²) in [6.45, 7) is 2.39. The van der Waals surface area contributed by atoms with Crippen LogP contribution in [-0.2, 0) is 6.42 Å². The first kappa shape index (κ1) is 12.1. The fourth-order valence-electron chi connectivity index (χ4n) is 2.84. The highest BCUT2D eigenvalue weighted by atomic mass is 32.1. The van der Waals surface area contributed by atoms with Crippen molar-refractivity contribution in [3.8, 4) is 0 Å². The van der Waals surface area contributed by atoms with Gasteiger partial charge in [-0.2, -0.15) is 11.3 Å². The molecule has 1 heterocycles. The molecule has 1 aromatic heterocycles. The molecular weight excluding hydrogens is 214 g/mol. The minimum Gasteiger partial charge on any atom is -0.327 e. The molecule has 0 saturated heterocycles. The van der Waals surface area contributed by atoms with Gasteiger partial charge in [-0.15, -0.1) is 0 Å². The van der Waals surface area contributed by atoms with Crippen molar-refractivity contribution in [3.63, 3.8) is 0 Å². The van der Waals surface area contributed by atoms with Gasteiger partial charge in [0.1, 0.15) is 0 Å². The summed E-state index contributed by atoms with van der Waals surface area (Å²) >= 11 is 1.79. The van der Waals surface area contributed by atoms with E-state index in [1.165, 1.54) is 37.7 Å². The van der Waals surface area contributed by atoms with Crippen molar-refractivity contribution in [2.75, 3.05) is 0 Å². The Kier molecular flexibility index (Phi) is 4.04. The van der Waals surface area contributed by atoms with Gasteiger partial charge in [-0.1, -0.05) is 26.2 Å². The van der Waals surface area contributed by atoms with E-state index in [9.17, 15) is 0 Å². The van der Waals surface area contributed by atoms with Crippen molar-refractivity contribution < 1.29 is 0 Å². The first-order chi connectivity index (χ1) is 7.71. The lowest BCUT2D eigenvalue weighted by molar-refractivity contribution is 0.163. The van der Waals surface area contributed by atoms with Crippen molar-refractivity contribution in [1.29, 1.82) is 0 Å². The summed E-state index contributed by atoms with van der Waals surface area (Å²) in [6, 6.07) is 2.60. The van der Waals surface area contributed by atoms with Gasteiger partial charge in [-0.25, -0.2) is 0 Å². The molecule has 0 aromatic carbocycles. The largest absolute Gasteiger partial charge is 0.327 e. The highest BCUT2D eigenvalue weighted by Crippen LogP contribution is 2.39. The molecule has 16 heavy (non-hydrogen) atoms. The number of hydrogen-bond donors (Lipinski definition) is 1. The highest BCUT2D eigenvalue weighted by molar-refractivity contribution is 7.07. The number of rotatable bonds is 4. The summed E-state index contributed by atoms with van der Waals surface area (Å²) in [5, 5.41) is 4.40. The summed E-state index contributed by atoms with van der Waals surface area (Å²) in [6.07, 6.45) is 9.13. The predicted molar refractivity (Wildman–Crippen MR) is 71.8 cm³/mol. The summed E-state index contributed by atoms with van der Waals surface area (Å²) in [5.74, 6) is 0. The van der Waals surface area contributed by atoms with E-state index in [1.54, 1.807) is 11.3 Å². The van der Waals surface area contributed by atoms with Gasteiger partial charge in [0.25, 0.3) is 0 Å². The lowest BCUT2D eigenvalue weighted by atomic mass is 9.69. The molecule has 1 aromatic rings. The zero-order valence-corrected chi connectivity index (χ0v) is 11.1. The zero-order chi connectivity index (χ0) is 11.4. The van der Waals surface area contributed by atoms with Crippen LogP contribution in [0.5, 0.6) is 0 Å². The molecule has 2 N–H and O–H groups in total. The smallest absolute Gasteiger partial charge is 0.00960 e. The number of aryl methyl sites for hydroxylation is 1. The Labute approximate surface area is 103 Å². The van der Waals surface area contributed by atoms with Gasteiger partial charge in [-0.05, 0) is 53.5 Å². The second-order valence-corrected chi connectivity index (χ2v) is 6.27.